The van der Waals surface area contributed by atoms with Crippen molar-refractivity contribution in [1.29, 1.82) is 0 Å². The van der Waals surface area contributed by atoms with E-state index < -0.39 is 17.5 Å². The van der Waals surface area contributed by atoms with Crippen LogP contribution in [0.1, 0.15) is 58.3 Å². The molecule has 0 aromatic heterocycles. The zero-order valence-corrected chi connectivity index (χ0v) is 12.6. The van der Waals surface area contributed by atoms with Gasteiger partial charge in [-0.25, -0.2) is 9.59 Å². The summed E-state index contributed by atoms with van der Waals surface area (Å²) in [5.41, 5.74) is -1.13. The van der Waals surface area contributed by atoms with Crippen LogP contribution in [-0.2, 0) is 4.79 Å². The van der Waals surface area contributed by atoms with E-state index in [1.165, 1.54) is 0 Å². The van der Waals surface area contributed by atoms with Gasteiger partial charge in [0.1, 0.15) is 5.54 Å². The van der Waals surface area contributed by atoms with Crippen molar-refractivity contribution in [3.8, 4) is 0 Å². The molecule has 2 aliphatic carbocycles. The number of aliphatic hydroxyl groups is 1. The van der Waals surface area contributed by atoms with Gasteiger partial charge in [0.05, 0.1) is 6.10 Å². The van der Waals surface area contributed by atoms with Crippen molar-refractivity contribution >= 4 is 12.0 Å². The van der Waals surface area contributed by atoms with Gasteiger partial charge >= 0.3 is 12.0 Å². The second-order valence-corrected chi connectivity index (χ2v) is 6.69. The summed E-state index contributed by atoms with van der Waals surface area (Å²) < 4.78 is 0. The van der Waals surface area contributed by atoms with E-state index in [-0.39, 0.29) is 12.1 Å². The minimum absolute atomic E-state index is 0.0280. The molecule has 0 saturated heterocycles. The average molecular weight is 298 g/mol. The Hall–Kier alpha value is -1.30. The molecule has 2 saturated carbocycles. The standard InChI is InChI=1S/C15H26N2O4/c1-10-3-2-8-15(9-10,13(19)20)17-14(21)16-11-4-6-12(18)7-5-11/h10-12,18H,2-9H2,1H3,(H,19,20)(H2,16,17,21). The van der Waals surface area contributed by atoms with Crippen molar-refractivity contribution in [2.24, 2.45) is 5.92 Å². The van der Waals surface area contributed by atoms with Gasteiger partial charge in [0.15, 0.2) is 0 Å². The van der Waals surface area contributed by atoms with Gasteiger partial charge in [-0.2, -0.15) is 0 Å². The van der Waals surface area contributed by atoms with Crippen LogP contribution < -0.4 is 10.6 Å². The van der Waals surface area contributed by atoms with Crippen LogP contribution in [0.4, 0.5) is 4.79 Å². The van der Waals surface area contributed by atoms with Crippen LogP contribution in [0, 0.1) is 5.92 Å². The number of carbonyl (C=O) groups excluding carboxylic acids is 1. The number of aliphatic carboxylic acids is 1. The SMILES string of the molecule is CC1CCCC(NC(=O)NC2CCC(O)CC2)(C(=O)O)C1. The summed E-state index contributed by atoms with van der Waals surface area (Å²) >= 11 is 0. The smallest absolute Gasteiger partial charge is 0.329 e. The lowest BCUT2D eigenvalue weighted by Gasteiger charge is -2.37. The van der Waals surface area contributed by atoms with Crippen molar-refractivity contribution in [3.05, 3.63) is 0 Å². The molecular formula is C15H26N2O4. The molecule has 0 aliphatic heterocycles. The maximum absolute atomic E-state index is 12.1. The zero-order chi connectivity index (χ0) is 15.5. The lowest BCUT2D eigenvalue weighted by Crippen LogP contribution is -2.60. The van der Waals surface area contributed by atoms with Gasteiger partial charge in [-0.1, -0.05) is 19.8 Å². The first-order valence-electron chi connectivity index (χ1n) is 7.91. The van der Waals surface area contributed by atoms with E-state index in [1.54, 1.807) is 0 Å². The van der Waals surface area contributed by atoms with Gasteiger partial charge in [0.2, 0.25) is 0 Å². The summed E-state index contributed by atoms with van der Waals surface area (Å²) in [4.78, 5) is 23.7. The topological polar surface area (TPSA) is 98.7 Å². The molecule has 0 spiro atoms. The van der Waals surface area contributed by atoms with Crippen molar-refractivity contribution in [1.82, 2.24) is 10.6 Å². The molecule has 2 amide bonds. The molecule has 2 fully saturated rings. The fraction of sp³-hybridized carbons (Fsp3) is 0.867. The molecule has 120 valence electrons. The van der Waals surface area contributed by atoms with Gasteiger partial charge in [-0.15, -0.1) is 0 Å². The third kappa shape index (κ3) is 4.09. The third-order valence-corrected chi connectivity index (χ3v) is 4.79. The first-order valence-corrected chi connectivity index (χ1v) is 7.91. The summed E-state index contributed by atoms with van der Waals surface area (Å²) in [5.74, 6) is -0.636. The molecule has 4 N–H and O–H groups in total. The van der Waals surface area contributed by atoms with E-state index in [0.29, 0.717) is 31.6 Å². The number of aliphatic hydroxyl groups excluding tert-OH is 1. The van der Waals surface area contributed by atoms with E-state index >= 15 is 0 Å². The second-order valence-electron chi connectivity index (χ2n) is 6.69. The minimum Gasteiger partial charge on any atom is -0.480 e. The summed E-state index contributed by atoms with van der Waals surface area (Å²) in [5, 5.41) is 24.5. The predicted octanol–water partition coefficient (Wildman–Crippen LogP) is 1.62. The second kappa shape index (κ2) is 6.64. The summed E-state index contributed by atoms with van der Waals surface area (Å²) in [6.45, 7) is 2.03. The number of amides is 2. The molecule has 0 aromatic rings. The van der Waals surface area contributed by atoms with Crippen LogP contribution in [0.15, 0.2) is 0 Å². The molecule has 21 heavy (non-hydrogen) atoms. The van der Waals surface area contributed by atoms with Gasteiger partial charge in [0.25, 0.3) is 0 Å². The molecule has 2 atom stereocenters. The number of hydrogen-bond acceptors (Lipinski definition) is 3. The van der Waals surface area contributed by atoms with Crippen molar-refractivity contribution < 1.29 is 19.8 Å². The van der Waals surface area contributed by atoms with Crippen LogP contribution in [-0.4, -0.2) is 39.9 Å². The maximum atomic E-state index is 12.1. The Bertz CT molecular complexity index is 393. The molecule has 0 heterocycles. The summed E-state index contributed by atoms with van der Waals surface area (Å²) in [6, 6.07) is -0.367. The normalized spacial score (nSPS) is 36.8. The number of nitrogens with one attached hydrogen (secondary N) is 2. The highest BCUT2D eigenvalue weighted by atomic mass is 16.4. The molecular weight excluding hydrogens is 272 g/mol. The number of urea groups is 1. The van der Waals surface area contributed by atoms with Gasteiger partial charge < -0.3 is 20.8 Å². The zero-order valence-electron chi connectivity index (χ0n) is 12.6. The third-order valence-electron chi connectivity index (χ3n) is 4.79. The lowest BCUT2D eigenvalue weighted by molar-refractivity contribution is -0.146. The van der Waals surface area contributed by atoms with Crippen molar-refractivity contribution in [2.75, 3.05) is 0 Å². The van der Waals surface area contributed by atoms with E-state index in [9.17, 15) is 19.8 Å². The number of rotatable bonds is 3. The highest BCUT2D eigenvalue weighted by molar-refractivity contribution is 5.86. The first kappa shape index (κ1) is 16.1. The highest BCUT2D eigenvalue weighted by Gasteiger charge is 2.43. The summed E-state index contributed by atoms with van der Waals surface area (Å²) in [6.07, 6.45) is 5.40. The molecule has 2 unspecified atom stereocenters. The molecule has 0 bridgehead atoms. The van der Waals surface area contributed by atoms with Crippen LogP contribution in [0.25, 0.3) is 0 Å². The first-order chi connectivity index (χ1) is 9.91. The van der Waals surface area contributed by atoms with E-state index in [1.807, 2.05) is 6.92 Å². The minimum atomic E-state index is -1.13. The molecule has 2 rings (SSSR count). The van der Waals surface area contributed by atoms with E-state index in [4.69, 9.17) is 0 Å². The van der Waals surface area contributed by atoms with Crippen molar-refractivity contribution in [2.45, 2.75) is 76.0 Å². The monoisotopic (exact) mass is 298 g/mol. The Labute approximate surface area is 125 Å². The Balaban J connectivity index is 1.91. The fourth-order valence-electron chi connectivity index (χ4n) is 3.57. The van der Waals surface area contributed by atoms with Gasteiger partial charge in [-0.05, 0) is 44.4 Å². The van der Waals surface area contributed by atoms with Gasteiger partial charge in [-0.3, -0.25) is 0 Å². The van der Waals surface area contributed by atoms with Crippen LogP contribution in [0.5, 0.6) is 0 Å². The molecule has 2 aliphatic rings. The van der Waals surface area contributed by atoms with Gasteiger partial charge in [0, 0.05) is 6.04 Å². The maximum Gasteiger partial charge on any atom is 0.329 e. The number of carboxylic acids is 1. The highest BCUT2D eigenvalue weighted by Crippen LogP contribution is 2.32. The Morgan fingerprint density at radius 3 is 2.38 bits per heavy atom. The predicted molar refractivity (Wildman–Crippen MR) is 77.9 cm³/mol. The quantitative estimate of drug-likeness (QED) is 0.636. The van der Waals surface area contributed by atoms with E-state index in [2.05, 4.69) is 10.6 Å². The molecule has 6 heteroatoms. The van der Waals surface area contributed by atoms with Crippen LogP contribution in [0.2, 0.25) is 0 Å². The molecule has 0 radical (unpaired) electrons. The summed E-state index contributed by atoms with van der Waals surface area (Å²) in [7, 11) is 0. The van der Waals surface area contributed by atoms with Crippen molar-refractivity contribution in [3.63, 3.8) is 0 Å². The van der Waals surface area contributed by atoms with Crippen LogP contribution in [0.3, 0.4) is 0 Å². The fourth-order valence-corrected chi connectivity index (χ4v) is 3.57. The number of carboxylic acid groups (broad SMARTS) is 1. The number of hydrogen-bond donors (Lipinski definition) is 4. The molecule has 0 aromatic carbocycles. The average Bonchev–Trinajstić information content (AvgIpc) is 2.41. The Kier molecular flexibility index (Phi) is 5.08. The Morgan fingerprint density at radius 1 is 1.14 bits per heavy atom. The largest absolute Gasteiger partial charge is 0.480 e. The molecule has 6 nitrogen and oxygen atoms in total. The van der Waals surface area contributed by atoms with E-state index in [0.717, 1.165) is 25.7 Å². The Morgan fingerprint density at radius 2 is 1.81 bits per heavy atom. The number of carbonyl (C=O) groups is 2. The van der Waals surface area contributed by atoms with Crippen LogP contribution >= 0.6 is 0 Å². The lowest BCUT2D eigenvalue weighted by atomic mass is 9.76.